The first-order valence-corrected chi connectivity index (χ1v) is 6.42. The normalized spacial score (nSPS) is 16.1. The Hall–Kier alpha value is -2.17. The van der Waals surface area contributed by atoms with Gasteiger partial charge in [0.2, 0.25) is 0 Å². The van der Waals surface area contributed by atoms with Crippen molar-refractivity contribution in [1.29, 1.82) is 0 Å². The molecule has 1 saturated carbocycles. The van der Waals surface area contributed by atoms with E-state index in [-0.39, 0.29) is 11.2 Å². The van der Waals surface area contributed by atoms with E-state index in [2.05, 4.69) is 22.4 Å². The molecule has 0 bridgehead atoms. The van der Waals surface area contributed by atoms with E-state index in [0.717, 1.165) is 12.8 Å². The van der Waals surface area contributed by atoms with E-state index in [9.17, 15) is 4.79 Å². The number of nitrogens with zero attached hydrogens (tertiary/aromatic N) is 3. The van der Waals surface area contributed by atoms with Crippen LogP contribution in [0.4, 0.5) is 0 Å². The highest BCUT2D eigenvalue weighted by Gasteiger charge is 2.47. The van der Waals surface area contributed by atoms with Crippen molar-refractivity contribution in [3.05, 3.63) is 47.8 Å². The fourth-order valence-electron chi connectivity index (χ4n) is 2.29. The lowest BCUT2D eigenvalue weighted by Gasteiger charge is -2.15. The maximum atomic E-state index is 11.6. The summed E-state index contributed by atoms with van der Waals surface area (Å²) in [5.74, 6) is -0.419. The molecule has 0 N–H and O–H groups in total. The van der Waals surface area contributed by atoms with Crippen LogP contribution in [0.1, 0.15) is 35.8 Å². The minimum absolute atomic E-state index is 0.126. The van der Waals surface area contributed by atoms with Crippen molar-refractivity contribution in [2.75, 3.05) is 6.61 Å². The van der Waals surface area contributed by atoms with Crippen LogP contribution in [-0.4, -0.2) is 27.6 Å². The third-order valence-corrected chi connectivity index (χ3v) is 3.45. The largest absolute Gasteiger partial charge is 0.461 e. The molecule has 1 heterocycles. The van der Waals surface area contributed by atoms with E-state index >= 15 is 0 Å². The van der Waals surface area contributed by atoms with Gasteiger partial charge in [0.25, 0.3) is 0 Å². The van der Waals surface area contributed by atoms with Crippen LogP contribution < -0.4 is 0 Å². The van der Waals surface area contributed by atoms with Gasteiger partial charge in [-0.2, -0.15) is 0 Å². The second-order valence-corrected chi connectivity index (χ2v) is 4.67. The molecule has 0 radical (unpaired) electrons. The Balaban J connectivity index is 1.89. The first-order chi connectivity index (χ1) is 9.26. The summed E-state index contributed by atoms with van der Waals surface area (Å²) < 4.78 is 6.71. The van der Waals surface area contributed by atoms with Gasteiger partial charge in [0.15, 0.2) is 5.69 Å². The second kappa shape index (κ2) is 4.50. The number of benzene rings is 1. The summed E-state index contributed by atoms with van der Waals surface area (Å²) >= 11 is 0. The lowest BCUT2D eigenvalue weighted by molar-refractivity contribution is 0.0519. The number of rotatable bonds is 4. The van der Waals surface area contributed by atoms with Crippen molar-refractivity contribution in [2.24, 2.45) is 0 Å². The molecule has 1 aliphatic rings. The Morgan fingerprint density at radius 3 is 2.74 bits per heavy atom. The first-order valence-electron chi connectivity index (χ1n) is 6.42. The molecule has 0 aliphatic heterocycles. The molecule has 5 nitrogen and oxygen atoms in total. The lowest BCUT2D eigenvalue weighted by atomic mass is 10.1. The molecule has 1 fully saturated rings. The predicted octanol–water partition coefficient (Wildman–Crippen LogP) is 1.99. The molecule has 98 valence electrons. The van der Waals surface area contributed by atoms with Gasteiger partial charge < -0.3 is 4.74 Å². The maximum absolute atomic E-state index is 11.6. The van der Waals surface area contributed by atoms with Crippen LogP contribution in [-0.2, 0) is 10.3 Å². The molecule has 3 rings (SSSR count). The summed E-state index contributed by atoms with van der Waals surface area (Å²) in [6, 6.07) is 10.2. The van der Waals surface area contributed by atoms with Crippen LogP contribution in [0.3, 0.4) is 0 Å². The van der Waals surface area contributed by atoms with Gasteiger partial charge in [0.05, 0.1) is 18.3 Å². The molecule has 0 atom stereocenters. The quantitative estimate of drug-likeness (QED) is 0.786. The predicted molar refractivity (Wildman–Crippen MR) is 68.7 cm³/mol. The summed E-state index contributed by atoms with van der Waals surface area (Å²) in [6.45, 7) is 2.12. The molecule has 1 aromatic carbocycles. The Morgan fingerprint density at radius 2 is 2.11 bits per heavy atom. The van der Waals surface area contributed by atoms with Crippen molar-refractivity contribution >= 4 is 5.97 Å². The monoisotopic (exact) mass is 257 g/mol. The zero-order chi connectivity index (χ0) is 13.3. The van der Waals surface area contributed by atoms with Gasteiger partial charge in [-0.15, -0.1) is 5.10 Å². The van der Waals surface area contributed by atoms with E-state index < -0.39 is 5.97 Å². The number of carbonyl (C=O) groups is 1. The van der Waals surface area contributed by atoms with Crippen molar-refractivity contribution < 1.29 is 9.53 Å². The van der Waals surface area contributed by atoms with Crippen LogP contribution in [0.5, 0.6) is 0 Å². The van der Waals surface area contributed by atoms with Gasteiger partial charge in [-0.3, -0.25) is 0 Å². The standard InChI is InChI=1S/C14H15N3O2/c1-2-19-13(18)12-10-17(16-15-12)14(8-9-14)11-6-4-3-5-7-11/h3-7,10H,2,8-9H2,1H3. The third kappa shape index (κ3) is 2.01. The number of carbonyl (C=O) groups excluding carboxylic acids is 1. The average Bonchev–Trinajstić information content (AvgIpc) is 3.10. The van der Waals surface area contributed by atoms with Crippen LogP contribution in [0.15, 0.2) is 36.5 Å². The number of esters is 1. The Morgan fingerprint density at radius 1 is 1.37 bits per heavy atom. The summed E-state index contributed by atoms with van der Waals surface area (Å²) in [5.41, 5.74) is 1.35. The van der Waals surface area contributed by atoms with Gasteiger partial charge in [-0.1, -0.05) is 35.5 Å². The fourth-order valence-corrected chi connectivity index (χ4v) is 2.29. The van der Waals surface area contributed by atoms with Gasteiger partial charge in [0.1, 0.15) is 0 Å². The molecule has 0 amide bonds. The number of hydrogen-bond donors (Lipinski definition) is 0. The maximum Gasteiger partial charge on any atom is 0.360 e. The van der Waals surface area contributed by atoms with E-state index in [4.69, 9.17) is 4.74 Å². The number of aromatic nitrogens is 3. The molecule has 0 spiro atoms. The van der Waals surface area contributed by atoms with Gasteiger partial charge >= 0.3 is 5.97 Å². The van der Waals surface area contributed by atoms with Crippen molar-refractivity contribution in [3.63, 3.8) is 0 Å². The lowest BCUT2D eigenvalue weighted by Crippen LogP contribution is -2.19. The van der Waals surface area contributed by atoms with Crippen LogP contribution >= 0.6 is 0 Å². The summed E-state index contributed by atoms with van der Waals surface area (Å²) in [6.07, 6.45) is 3.71. The Bertz CT molecular complexity index is 588. The minimum Gasteiger partial charge on any atom is -0.461 e. The minimum atomic E-state index is -0.419. The highest BCUT2D eigenvalue weighted by atomic mass is 16.5. The van der Waals surface area contributed by atoms with Crippen molar-refractivity contribution in [2.45, 2.75) is 25.3 Å². The van der Waals surface area contributed by atoms with E-state index in [1.54, 1.807) is 17.8 Å². The van der Waals surface area contributed by atoms with Crippen LogP contribution in [0, 0.1) is 0 Å². The molecule has 19 heavy (non-hydrogen) atoms. The van der Waals surface area contributed by atoms with Gasteiger partial charge in [-0.25, -0.2) is 9.48 Å². The van der Waals surface area contributed by atoms with Gasteiger partial charge in [0, 0.05) is 0 Å². The molecule has 0 saturated heterocycles. The van der Waals surface area contributed by atoms with E-state index in [1.807, 2.05) is 18.2 Å². The zero-order valence-corrected chi connectivity index (χ0v) is 10.7. The highest BCUT2D eigenvalue weighted by molar-refractivity contribution is 5.86. The fraction of sp³-hybridized carbons (Fsp3) is 0.357. The van der Waals surface area contributed by atoms with Crippen molar-refractivity contribution in [1.82, 2.24) is 15.0 Å². The smallest absolute Gasteiger partial charge is 0.360 e. The topological polar surface area (TPSA) is 57.0 Å². The average molecular weight is 257 g/mol. The Labute approximate surface area is 111 Å². The molecular weight excluding hydrogens is 242 g/mol. The van der Waals surface area contributed by atoms with E-state index in [0.29, 0.717) is 6.61 Å². The second-order valence-electron chi connectivity index (χ2n) is 4.67. The molecule has 1 aromatic heterocycles. The molecule has 2 aromatic rings. The summed E-state index contributed by atoms with van der Waals surface area (Å²) in [4.78, 5) is 11.6. The number of hydrogen-bond acceptors (Lipinski definition) is 4. The third-order valence-electron chi connectivity index (χ3n) is 3.45. The number of ether oxygens (including phenoxy) is 1. The zero-order valence-electron chi connectivity index (χ0n) is 10.7. The SMILES string of the molecule is CCOC(=O)c1cn(C2(c3ccccc3)CC2)nn1. The molecule has 0 unspecified atom stereocenters. The van der Waals surface area contributed by atoms with Gasteiger partial charge in [-0.05, 0) is 25.3 Å². The summed E-state index contributed by atoms with van der Waals surface area (Å²) in [7, 11) is 0. The molecular formula is C14H15N3O2. The van der Waals surface area contributed by atoms with Crippen molar-refractivity contribution in [3.8, 4) is 0 Å². The van der Waals surface area contributed by atoms with Crippen LogP contribution in [0.25, 0.3) is 0 Å². The van der Waals surface area contributed by atoms with Crippen LogP contribution in [0.2, 0.25) is 0 Å². The molecule has 1 aliphatic carbocycles. The molecule has 5 heteroatoms. The summed E-state index contributed by atoms with van der Waals surface area (Å²) in [5, 5.41) is 8.00. The highest BCUT2D eigenvalue weighted by Crippen LogP contribution is 2.48. The first kappa shape index (κ1) is 11.9. The van der Waals surface area contributed by atoms with E-state index in [1.165, 1.54) is 5.56 Å². The Kier molecular flexibility index (Phi) is 2.81.